The smallest absolute Gasteiger partial charge is 0.343 e. The first kappa shape index (κ1) is 9.64. The molecule has 0 aliphatic carbocycles. The fraction of sp³-hybridized carbons (Fsp3) is 0.300. The third-order valence-corrected chi connectivity index (χ3v) is 2.25. The van der Waals surface area contributed by atoms with Gasteiger partial charge in [-0.15, -0.1) is 0 Å². The van der Waals surface area contributed by atoms with Crippen molar-refractivity contribution >= 4 is 11.6 Å². The number of carbonyl (C=O) groups is 1. The van der Waals surface area contributed by atoms with Crippen LogP contribution >= 0.6 is 0 Å². The maximum Gasteiger partial charge on any atom is 0.343 e. The minimum Gasteiger partial charge on any atom is -0.465 e. The number of esters is 1. The van der Waals surface area contributed by atoms with E-state index < -0.39 is 5.97 Å². The summed E-state index contributed by atoms with van der Waals surface area (Å²) in [7, 11) is 1.34. The van der Waals surface area contributed by atoms with Crippen LogP contribution in [0.1, 0.15) is 23.0 Å². The van der Waals surface area contributed by atoms with Crippen LogP contribution in [0.15, 0.2) is 18.5 Å². The van der Waals surface area contributed by atoms with Crippen LogP contribution in [0, 0.1) is 0 Å². The number of ether oxygens (including phenoxy) is 1. The van der Waals surface area contributed by atoms with Crippen LogP contribution in [0.5, 0.6) is 0 Å². The SMILES string of the molecule is CCc1ccnc2c(C(=O)OC)cnn12. The van der Waals surface area contributed by atoms with Gasteiger partial charge in [0.15, 0.2) is 5.65 Å². The summed E-state index contributed by atoms with van der Waals surface area (Å²) in [5, 5.41) is 4.11. The van der Waals surface area contributed by atoms with Gasteiger partial charge in [0.25, 0.3) is 0 Å². The lowest BCUT2D eigenvalue weighted by atomic mass is 10.3. The van der Waals surface area contributed by atoms with Gasteiger partial charge in [-0.1, -0.05) is 6.92 Å². The molecule has 0 aliphatic heterocycles. The molecule has 0 unspecified atom stereocenters. The number of hydrogen-bond acceptors (Lipinski definition) is 4. The summed E-state index contributed by atoms with van der Waals surface area (Å²) in [6, 6.07) is 1.88. The summed E-state index contributed by atoms with van der Waals surface area (Å²) in [4.78, 5) is 15.5. The van der Waals surface area contributed by atoms with Gasteiger partial charge in [-0.05, 0) is 12.5 Å². The molecule has 15 heavy (non-hydrogen) atoms. The zero-order valence-corrected chi connectivity index (χ0v) is 8.60. The van der Waals surface area contributed by atoms with E-state index in [4.69, 9.17) is 0 Å². The second-order valence-corrected chi connectivity index (χ2v) is 3.07. The van der Waals surface area contributed by atoms with Gasteiger partial charge >= 0.3 is 5.97 Å². The molecule has 0 amide bonds. The van der Waals surface area contributed by atoms with E-state index in [-0.39, 0.29) is 0 Å². The molecule has 0 fully saturated rings. The van der Waals surface area contributed by atoms with Crippen molar-refractivity contribution in [2.24, 2.45) is 0 Å². The number of aromatic nitrogens is 3. The maximum atomic E-state index is 11.4. The van der Waals surface area contributed by atoms with Crippen molar-refractivity contribution in [3.63, 3.8) is 0 Å². The van der Waals surface area contributed by atoms with Gasteiger partial charge in [0.1, 0.15) is 5.56 Å². The fourth-order valence-electron chi connectivity index (χ4n) is 1.46. The summed E-state index contributed by atoms with van der Waals surface area (Å²) in [5.41, 5.74) is 1.95. The molecule has 0 aliphatic rings. The molecular formula is C10H11N3O2. The summed E-state index contributed by atoms with van der Waals surface area (Å²) in [6.07, 6.45) is 3.98. The first-order chi connectivity index (χ1) is 7.27. The van der Waals surface area contributed by atoms with E-state index in [1.165, 1.54) is 13.3 Å². The number of hydrogen-bond donors (Lipinski definition) is 0. The van der Waals surface area contributed by atoms with Gasteiger partial charge in [0, 0.05) is 11.9 Å². The van der Waals surface area contributed by atoms with E-state index in [0.717, 1.165) is 12.1 Å². The van der Waals surface area contributed by atoms with Crippen LogP contribution < -0.4 is 0 Å². The van der Waals surface area contributed by atoms with Gasteiger partial charge in [0.2, 0.25) is 0 Å². The molecule has 0 aromatic carbocycles. The molecule has 5 nitrogen and oxygen atoms in total. The number of rotatable bonds is 2. The van der Waals surface area contributed by atoms with Crippen LogP contribution in [0.25, 0.3) is 5.65 Å². The molecule has 0 saturated carbocycles. The number of nitrogens with zero attached hydrogens (tertiary/aromatic N) is 3. The third kappa shape index (κ3) is 1.45. The normalized spacial score (nSPS) is 10.5. The van der Waals surface area contributed by atoms with Crippen molar-refractivity contribution < 1.29 is 9.53 Å². The summed E-state index contributed by atoms with van der Waals surface area (Å²) in [6.45, 7) is 2.02. The minimum atomic E-state index is -0.411. The number of carbonyl (C=O) groups excluding carboxylic acids is 1. The predicted octanol–water partition coefficient (Wildman–Crippen LogP) is 1.08. The second-order valence-electron chi connectivity index (χ2n) is 3.07. The maximum absolute atomic E-state index is 11.4. The van der Waals surface area contributed by atoms with Crippen LogP contribution in [-0.4, -0.2) is 27.7 Å². The van der Waals surface area contributed by atoms with Crippen molar-refractivity contribution in [3.8, 4) is 0 Å². The van der Waals surface area contributed by atoms with Crippen molar-refractivity contribution in [1.82, 2.24) is 14.6 Å². The first-order valence-electron chi connectivity index (χ1n) is 4.68. The van der Waals surface area contributed by atoms with Crippen LogP contribution in [0.4, 0.5) is 0 Å². The van der Waals surface area contributed by atoms with E-state index in [1.54, 1.807) is 10.7 Å². The Kier molecular flexibility index (Phi) is 2.37. The van der Waals surface area contributed by atoms with Gasteiger partial charge < -0.3 is 4.74 Å². The molecule has 2 rings (SSSR count). The average Bonchev–Trinajstić information content (AvgIpc) is 2.71. The van der Waals surface area contributed by atoms with E-state index in [0.29, 0.717) is 11.2 Å². The highest BCUT2D eigenvalue weighted by atomic mass is 16.5. The van der Waals surface area contributed by atoms with Crippen molar-refractivity contribution in [2.75, 3.05) is 7.11 Å². The van der Waals surface area contributed by atoms with Crippen LogP contribution in [0.2, 0.25) is 0 Å². The van der Waals surface area contributed by atoms with E-state index in [2.05, 4.69) is 14.8 Å². The quantitative estimate of drug-likeness (QED) is 0.688. The molecule has 0 saturated heterocycles. The lowest BCUT2D eigenvalue weighted by Gasteiger charge is -2.00. The summed E-state index contributed by atoms with van der Waals surface area (Å²) < 4.78 is 6.30. The van der Waals surface area contributed by atoms with E-state index >= 15 is 0 Å². The topological polar surface area (TPSA) is 56.5 Å². The Morgan fingerprint density at radius 1 is 1.60 bits per heavy atom. The first-order valence-corrected chi connectivity index (χ1v) is 4.68. The van der Waals surface area contributed by atoms with E-state index in [9.17, 15) is 4.79 Å². The van der Waals surface area contributed by atoms with Crippen molar-refractivity contribution in [3.05, 3.63) is 29.7 Å². The van der Waals surface area contributed by atoms with Crippen molar-refractivity contribution in [2.45, 2.75) is 13.3 Å². The molecule has 5 heteroatoms. The molecular weight excluding hydrogens is 194 g/mol. The summed E-state index contributed by atoms with van der Waals surface area (Å²) in [5.74, 6) is -0.411. The van der Waals surface area contributed by atoms with Crippen molar-refractivity contribution in [1.29, 1.82) is 0 Å². The Morgan fingerprint density at radius 2 is 2.40 bits per heavy atom. The molecule has 0 spiro atoms. The third-order valence-electron chi connectivity index (χ3n) is 2.25. The van der Waals surface area contributed by atoms with Gasteiger partial charge in [-0.2, -0.15) is 5.10 Å². The lowest BCUT2D eigenvalue weighted by Crippen LogP contribution is -2.03. The standard InChI is InChI=1S/C10H11N3O2/c1-3-7-4-5-11-9-8(10(14)15-2)6-12-13(7)9/h4-6H,3H2,1-2H3. The zero-order valence-electron chi connectivity index (χ0n) is 8.60. The zero-order chi connectivity index (χ0) is 10.8. The fourth-order valence-corrected chi connectivity index (χ4v) is 1.46. The highest BCUT2D eigenvalue weighted by Crippen LogP contribution is 2.11. The molecule has 2 heterocycles. The summed E-state index contributed by atoms with van der Waals surface area (Å²) >= 11 is 0. The Hall–Kier alpha value is -1.91. The second kappa shape index (κ2) is 3.68. The number of fused-ring (bicyclic) bond motifs is 1. The van der Waals surface area contributed by atoms with Gasteiger partial charge in [-0.3, -0.25) is 0 Å². The molecule has 0 radical (unpaired) electrons. The molecule has 2 aromatic rings. The lowest BCUT2D eigenvalue weighted by molar-refractivity contribution is 0.0602. The predicted molar refractivity (Wildman–Crippen MR) is 53.7 cm³/mol. The molecule has 2 aromatic heterocycles. The number of aryl methyl sites for hydroxylation is 1. The largest absolute Gasteiger partial charge is 0.465 e. The monoisotopic (exact) mass is 205 g/mol. The average molecular weight is 205 g/mol. The Morgan fingerprint density at radius 3 is 3.07 bits per heavy atom. The molecule has 78 valence electrons. The van der Waals surface area contributed by atoms with Gasteiger partial charge in [0.05, 0.1) is 13.3 Å². The molecule has 0 atom stereocenters. The van der Waals surface area contributed by atoms with E-state index in [1.807, 2.05) is 13.0 Å². The minimum absolute atomic E-state index is 0.396. The van der Waals surface area contributed by atoms with Gasteiger partial charge in [-0.25, -0.2) is 14.3 Å². The van der Waals surface area contributed by atoms with Crippen LogP contribution in [0.3, 0.4) is 0 Å². The molecule has 0 bridgehead atoms. The van der Waals surface area contributed by atoms with Crippen LogP contribution in [-0.2, 0) is 11.2 Å². The Balaban J connectivity index is 2.66. The molecule has 0 N–H and O–H groups in total. The Bertz CT molecular complexity index is 504. The number of methoxy groups -OCH3 is 1. The Labute approximate surface area is 86.7 Å². The highest BCUT2D eigenvalue weighted by Gasteiger charge is 2.14. The highest BCUT2D eigenvalue weighted by molar-refractivity contribution is 5.95.